The summed E-state index contributed by atoms with van der Waals surface area (Å²) in [5.41, 5.74) is 8.12. The van der Waals surface area contributed by atoms with E-state index in [0.29, 0.717) is 22.3 Å². The lowest BCUT2D eigenvalue weighted by molar-refractivity contribution is 0.103. The van der Waals surface area contributed by atoms with Crippen LogP contribution in [0.3, 0.4) is 0 Å². The molecule has 2 nitrogen and oxygen atoms in total. The largest absolute Gasteiger partial charge is 0.289 e. The van der Waals surface area contributed by atoms with Crippen molar-refractivity contribution in [1.29, 1.82) is 0 Å². The van der Waals surface area contributed by atoms with Gasteiger partial charge in [-0.15, -0.1) is 0 Å². The van der Waals surface area contributed by atoms with Gasteiger partial charge >= 0.3 is 0 Å². The summed E-state index contributed by atoms with van der Waals surface area (Å²) in [6.07, 6.45) is 0. The Morgan fingerprint density at radius 2 is 0.700 bits per heavy atom. The van der Waals surface area contributed by atoms with Gasteiger partial charge in [0.1, 0.15) is 0 Å². The van der Waals surface area contributed by atoms with Gasteiger partial charge in [-0.05, 0) is 74.5 Å². The second-order valence-electron chi connectivity index (χ2n) is 9.59. The highest BCUT2D eigenvalue weighted by molar-refractivity contribution is 6.09. The molecule has 0 spiro atoms. The quantitative estimate of drug-likeness (QED) is 0.183. The van der Waals surface area contributed by atoms with Gasteiger partial charge in [-0.3, -0.25) is 9.59 Å². The Morgan fingerprint density at radius 1 is 0.400 bits per heavy atom. The molecule has 0 saturated heterocycles. The molecule has 0 aliphatic carbocycles. The molecule has 2 heteroatoms. The molecule has 0 amide bonds. The Labute approximate surface area is 235 Å². The minimum absolute atomic E-state index is 0.00678. The van der Waals surface area contributed by atoms with E-state index < -0.39 is 0 Å². The van der Waals surface area contributed by atoms with E-state index in [1.54, 1.807) is 0 Å². The molecule has 0 N–H and O–H groups in total. The highest BCUT2D eigenvalue weighted by Gasteiger charge is 2.09. The summed E-state index contributed by atoms with van der Waals surface area (Å²) in [5.74, 6) is 12.8. The van der Waals surface area contributed by atoms with Crippen molar-refractivity contribution in [2.24, 2.45) is 0 Å². The highest BCUT2D eigenvalue weighted by atomic mass is 16.1. The molecule has 0 atom stereocenters. The van der Waals surface area contributed by atoms with E-state index in [9.17, 15) is 9.59 Å². The Hall–Kier alpha value is -5.44. The fourth-order valence-corrected chi connectivity index (χ4v) is 4.13. The zero-order valence-corrected chi connectivity index (χ0v) is 22.4. The van der Waals surface area contributed by atoms with Crippen LogP contribution in [-0.4, -0.2) is 11.6 Å². The maximum Gasteiger partial charge on any atom is 0.193 e. The van der Waals surface area contributed by atoms with Crippen molar-refractivity contribution in [3.05, 3.63) is 177 Å². The molecule has 190 valence electrons. The second kappa shape index (κ2) is 12.0. The number of carbonyl (C=O) groups is 2. The topological polar surface area (TPSA) is 34.1 Å². The van der Waals surface area contributed by atoms with Crippen LogP contribution in [0.5, 0.6) is 0 Å². The third-order valence-electron chi connectivity index (χ3n) is 6.53. The fourth-order valence-electron chi connectivity index (χ4n) is 4.13. The first kappa shape index (κ1) is 26.2. The zero-order chi connectivity index (χ0) is 27.9. The van der Waals surface area contributed by atoms with Crippen LogP contribution in [-0.2, 0) is 0 Å². The minimum atomic E-state index is -0.00678. The van der Waals surface area contributed by atoms with Crippen LogP contribution < -0.4 is 0 Å². The van der Waals surface area contributed by atoms with Crippen molar-refractivity contribution in [2.75, 3.05) is 0 Å². The molecule has 0 fully saturated rings. The molecule has 0 aliphatic rings. The number of ketones is 2. The number of carbonyl (C=O) groups excluding carboxylic acids is 2. The molecule has 40 heavy (non-hydrogen) atoms. The second-order valence-corrected chi connectivity index (χ2v) is 9.59. The minimum Gasteiger partial charge on any atom is -0.289 e. The van der Waals surface area contributed by atoms with Crippen LogP contribution in [0.2, 0.25) is 0 Å². The van der Waals surface area contributed by atoms with Gasteiger partial charge in [0.2, 0.25) is 0 Å². The molecule has 5 aromatic rings. The molecule has 0 saturated carbocycles. The van der Waals surface area contributed by atoms with Crippen molar-refractivity contribution in [1.82, 2.24) is 0 Å². The summed E-state index contributed by atoms with van der Waals surface area (Å²) in [6, 6.07) is 37.6. The molecule has 5 aromatic carbocycles. The molecular weight excluding hydrogens is 488 g/mol. The van der Waals surface area contributed by atoms with Crippen molar-refractivity contribution in [2.45, 2.75) is 13.8 Å². The summed E-state index contributed by atoms with van der Waals surface area (Å²) in [6.45, 7) is 4.00. The van der Waals surface area contributed by atoms with Gasteiger partial charge in [-0.1, -0.05) is 95.5 Å². The number of hydrogen-bond acceptors (Lipinski definition) is 2. The van der Waals surface area contributed by atoms with Gasteiger partial charge in [0.25, 0.3) is 0 Å². The highest BCUT2D eigenvalue weighted by Crippen LogP contribution is 2.14. The van der Waals surface area contributed by atoms with Crippen LogP contribution in [0.4, 0.5) is 0 Å². The van der Waals surface area contributed by atoms with Gasteiger partial charge in [0.05, 0.1) is 0 Å². The van der Waals surface area contributed by atoms with Crippen LogP contribution >= 0.6 is 0 Å². The molecular formula is C38H26O2. The maximum atomic E-state index is 12.7. The summed E-state index contributed by atoms with van der Waals surface area (Å²) >= 11 is 0. The summed E-state index contributed by atoms with van der Waals surface area (Å²) in [5, 5.41) is 0. The standard InChI is InChI=1S/C38H26O2/c1-27-7-17-33(18-8-27)37(39)35-23-13-29(14-24-35)11-21-31-5-3-4-6-32(31)22-12-30-15-25-36(26-16-30)38(40)34-19-9-28(2)10-20-34/h3-10,13-20,23-26H,1-2H3. The van der Waals surface area contributed by atoms with Gasteiger partial charge < -0.3 is 0 Å². The first-order chi connectivity index (χ1) is 19.5. The smallest absolute Gasteiger partial charge is 0.193 e. The average Bonchev–Trinajstić information content (AvgIpc) is 3.00. The van der Waals surface area contributed by atoms with E-state index in [1.807, 2.05) is 135 Å². The van der Waals surface area contributed by atoms with Crippen LogP contribution in [0.25, 0.3) is 0 Å². The van der Waals surface area contributed by atoms with Crippen LogP contribution in [0.15, 0.2) is 121 Å². The van der Waals surface area contributed by atoms with E-state index in [1.165, 1.54) is 0 Å². The fraction of sp³-hybridized carbons (Fsp3) is 0.0526. The van der Waals surface area contributed by atoms with E-state index in [4.69, 9.17) is 0 Å². The average molecular weight is 515 g/mol. The summed E-state index contributed by atoms with van der Waals surface area (Å²) in [7, 11) is 0. The van der Waals surface area contributed by atoms with Gasteiger partial charge in [-0.2, -0.15) is 0 Å². The number of hydrogen-bond donors (Lipinski definition) is 0. The Balaban J connectivity index is 1.30. The third kappa shape index (κ3) is 6.33. The van der Waals surface area contributed by atoms with Gasteiger partial charge in [0.15, 0.2) is 11.6 Å². The lowest BCUT2D eigenvalue weighted by Crippen LogP contribution is -2.01. The molecule has 0 unspecified atom stereocenters. The van der Waals surface area contributed by atoms with Gasteiger partial charge in [0, 0.05) is 44.5 Å². The number of benzene rings is 5. The normalized spacial score (nSPS) is 10.1. The summed E-state index contributed by atoms with van der Waals surface area (Å²) < 4.78 is 0. The lowest BCUT2D eigenvalue weighted by atomic mass is 10.0. The molecule has 0 bridgehead atoms. The SMILES string of the molecule is Cc1ccc(C(=O)c2ccc(C#Cc3ccccc3C#Cc3ccc(C(=O)c4ccc(C)cc4)cc3)cc2)cc1. The third-order valence-corrected chi connectivity index (χ3v) is 6.53. The predicted molar refractivity (Wildman–Crippen MR) is 161 cm³/mol. The van der Waals surface area contributed by atoms with Crippen molar-refractivity contribution >= 4 is 11.6 Å². The monoisotopic (exact) mass is 514 g/mol. The Kier molecular flexibility index (Phi) is 7.82. The maximum absolute atomic E-state index is 12.7. The Bertz CT molecular complexity index is 1660. The van der Waals surface area contributed by atoms with Crippen LogP contribution in [0, 0.1) is 37.5 Å². The number of rotatable bonds is 4. The van der Waals surface area contributed by atoms with Crippen LogP contribution in [0.1, 0.15) is 65.2 Å². The molecule has 0 aliphatic heterocycles. The first-order valence-corrected chi connectivity index (χ1v) is 13.0. The van der Waals surface area contributed by atoms with E-state index in [0.717, 1.165) is 33.4 Å². The van der Waals surface area contributed by atoms with Crippen molar-refractivity contribution in [3.63, 3.8) is 0 Å². The molecule has 0 aromatic heterocycles. The molecule has 0 heterocycles. The first-order valence-electron chi connectivity index (χ1n) is 13.0. The van der Waals surface area contributed by atoms with Crippen molar-refractivity contribution in [3.8, 4) is 23.7 Å². The lowest BCUT2D eigenvalue weighted by Gasteiger charge is -2.02. The van der Waals surface area contributed by atoms with E-state index in [-0.39, 0.29) is 11.6 Å². The van der Waals surface area contributed by atoms with E-state index >= 15 is 0 Å². The Morgan fingerprint density at radius 3 is 1.02 bits per heavy atom. The summed E-state index contributed by atoms with van der Waals surface area (Å²) in [4.78, 5) is 25.5. The molecule has 5 rings (SSSR count). The predicted octanol–water partition coefficient (Wildman–Crippen LogP) is 7.57. The number of aryl methyl sites for hydroxylation is 2. The zero-order valence-electron chi connectivity index (χ0n) is 22.4. The van der Waals surface area contributed by atoms with E-state index in [2.05, 4.69) is 23.7 Å². The van der Waals surface area contributed by atoms with Gasteiger partial charge in [-0.25, -0.2) is 0 Å². The van der Waals surface area contributed by atoms with Crippen molar-refractivity contribution < 1.29 is 9.59 Å². The molecule has 0 radical (unpaired) electrons.